The van der Waals surface area contributed by atoms with E-state index >= 15 is 0 Å². The van der Waals surface area contributed by atoms with Crippen molar-refractivity contribution in [3.8, 4) is 0 Å². The predicted molar refractivity (Wildman–Crippen MR) is 78.0 cm³/mol. The van der Waals surface area contributed by atoms with Gasteiger partial charge in [0.25, 0.3) is 5.91 Å². The van der Waals surface area contributed by atoms with Crippen LogP contribution in [0.15, 0.2) is 36.4 Å². The second-order valence-electron chi connectivity index (χ2n) is 4.63. The van der Waals surface area contributed by atoms with Crippen LogP contribution in [0.25, 0.3) is 0 Å². The Morgan fingerprint density at radius 3 is 2.90 bits per heavy atom. The van der Waals surface area contributed by atoms with Crippen molar-refractivity contribution in [2.75, 3.05) is 17.2 Å². The molecule has 0 aromatic heterocycles. The zero-order chi connectivity index (χ0) is 14.1. The highest BCUT2D eigenvalue weighted by Crippen LogP contribution is 2.25. The highest BCUT2D eigenvalue weighted by Gasteiger charge is 2.13. The number of nitrogens with one attached hydrogen (secondary N) is 2. The Morgan fingerprint density at radius 2 is 2.10 bits per heavy atom. The van der Waals surface area contributed by atoms with Crippen LogP contribution in [0, 0.1) is 5.82 Å². The lowest BCUT2D eigenvalue weighted by Crippen LogP contribution is -2.12. The number of hydrogen-bond acceptors (Lipinski definition) is 2. The van der Waals surface area contributed by atoms with Crippen LogP contribution in [0.2, 0.25) is 5.02 Å². The summed E-state index contributed by atoms with van der Waals surface area (Å²) in [6.45, 7) is 0.912. The Labute approximate surface area is 120 Å². The molecule has 0 bridgehead atoms. The molecule has 20 heavy (non-hydrogen) atoms. The van der Waals surface area contributed by atoms with E-state index in [0.29, 0.717) is 5.69 Å². The van der Waals surface area contributed by atoms with Gasteiger partial charge in [-0.3, -0.25) is 4.79 Å². The first-order valence-electron chi connectivity index (χ1n) is 6.27. The van der Waals surface area contributed by atoms with Crippen molar-refractivity contribution in [3.05, 3.63) is 58.4 Å². The second-order valence-corrected chi connectivity index (χ2v) is 5.04. The first kappa shape index (κ1) is 12.9. The molecule has 5 heteroatoms. The third kappa shape index (κ3) is 2.47. The van der Waals surface area contributed by atoms with Crippen molar-refractivity contribution in [2.24, 2.45) is 0 Å². The van der Waals surface area contributed by atoms with Gasteiger partial charge in [0.15, 0.2) is 0 Å². The van der Waals surface area contributed by atoms with E-state index in [0.717, 1.165) is 24.7 Å². The number of anilines is 2. The van der Waals surface area contributed by atoms with Gasteiger partial charge >= 0.3 is 0 Å². The summed E-state index contributed by atoms with van der Waals surface area (Å²) in [7, 11) is 0. The van der Waals surface area contributed by atoms with E-state index in [1.807, 2.05) is 18.2 Å². The Bertz CT molecular complexity index is 688. The van der Waals surface area contributed by atoms with Crippen LogP contribution in [0.4, 0.5) is 15.8 Å². The summed E-state index contributed by atoms with van der Waals surface area (Å²) in [6, 6.07) is 9.68. The molecule has 0 radical (unpaired) electrons. The van der Waals surface area contributed by atoms with Gasteiger partial charge in [-0.1, -0.05) is 11.6 Å². The molecule has 0 aliphatic carbocycles. The molecule has 0 saturated heterocycles. The number of carbonyl (C=O) groups is 1. The van der Waals surface area contributed by atoms with Crippen LogP contribution in [-0.2, 0) is 6.42 Å². The molecule has 0 spiro atoms. The molecule has 1 heterocycles. The van der Waals surface area contributed by atoms with Gasteiger partial charge in [-0.2, -0.15) is 0 Å². The van der Waals surface area contributed by atoms with E-state index < -0.39 is 5.82 Å². The van der Waals surface area contributed by atoms with E-state index in [9.17, 15) is 9.18 Å². The van der Waals surface area contributed by atoms with Crippen LogP contribution in [-0.4, -0.2) is 12.5 Å². The molecule has 2 N–H and O–H groups in total. The smallest absolute Gasteiger partial charge is 0.255 e. The summed E-state index contributed by atoms with van der Waals surface area (Å²) in [6.07, 6.45) is 0.939. The van der Waals surface area contributed by atoms with E-state index in [2.05, 4.69) is 10.6 Å². The minimum absolute atomic E-state index is 0.00477. The number of hydrogen-bond donors (Lipinski definition) is 2. The third-order valence-corrected chi connectivity index (χ3v) is 3.56. The van der Waals surface area contributed by atoms with Crippen molar-refractivity contribution in [1.29, 1.82) is 0 Å². The highest BCUT2D eigenvalue weighted by atomic mass is 35.5. The second kappa shape index (κ2) is 5.13. The van der Waals surface area contributed by atoms with Gasteiger partial charge in [0.2, 0.25) is 0 Å². The molecule has 1 aliphatic heterocycles. The van der Waals surface area contributed by atoms with Gasteiger partial charge in [-0.05, 0) is 48.4 Å². The van der Waals surface area contributed by atoms with Gasteiger partial charge in [0, 0.05) is 23.5 Å². The minimum Gasteiger partial charge on any atom is -0.384 e. The Balaban J connectivity index is 1.80. The first-order valence-corrected chi connectivity index (χ1v) is 6.64. The van der Waals surface area contributed by atoms with Crippen LogP contribution in [0.1, 0.15) is 15.9 Å². The maximum atomic E-state index is 13.3. The average molecular weight is 291 g/mol. The standard InChI is InChI=1S/C15H12ClFN2O/c16-12-3-1-10(8-13(12)17)15(20)19-11-2-4-14-9(7-11)5-6-18-14/h1-4,7-8,18H,5-6H2,(H,19,20). The summed E-state index contributed by atoms with van der Waals surface area (Å²) in [4.78, 5) is 12.0. The van der Waals surface area contributed by atoms with Gasteiger partial charge in [-0.15, -0.1) is 0 Å². The number of rotatable bonds is 2. The summed E-state index contributed by atoms with van der Waals surface area (Å²) in [5.74, 6) is -0.955. The van der Waals surface area contributed by atoms with Crippen LogP contribution in [0.5, 0.6) is 0 Å². The van der Waals surface area contributed by atoms with Crippen molar-refractivity contribution >= 4 is 28.9 Å². The third-order valence-electron chi connectivity index (χ3n) is 3.25. The fraction of sp³-hybridized carbons (Fsp3) is 0.133. The lowest BCUT2D eigenvalue weighted by atomic mass is 10.1. The Kier molecular flexibility index (Phi) is 3.32. The number of benzene rings is 2. The van der Waals surface area contributed by atoms with Gasteiger partial charge in [-0.25, -0.2) is 4.39 Å². The number of halogens is 2. The fourth-order valence-electron chi connectivity index (χ4n) is 2.22. The summed E-state index contributed by atoms with van der Waals surface area (Å²) < 4.78 is 13.3. The van der Waals surface area contributed by atoms with E-state index in [4.69, 9.17) is 11.6 Å². The van der Waals surface area contributed by atoms with E-state index in [-0.39, 0.29) is 16.5 Å². The molecule has 0 fully saturated rings. The zero-order valence-corrected chi connectivity index (χ0v) is 11.3. The molecule has 0 unspecified atom stereocenters. The molecule has 0 saturated carbocycles. The molecular weight excluding hydrogens is 279 g/mol. The zero-order valence-electron chi connectivity index (χ0n) is 10.5. The van der Waals surface area contributed by atoms with Crippen LogP contribution >= 0.6 is 11.6 Å². The summed E-state index contributed by atoms with van der Waals surface area (Å²) >= 11 is 5.60. The molecule has 0 atom stereocenters. The lowest BCUT2D eigenvalue weighted by molar-refractivity contribution is 0.102. The van der Waals surface area contributed by atoms with Gasteiger partial charge in [0.1, 0.15) is 5.82 Å². The quantitative estimate of drug-likeness (QED) is 0.885. The summed E-state index contributed by atoms with van der Waals surface area (Å²) in [5, 5.41) is 6.01. The maximum absolute atomic E-state index is 13.3. The monoisotopic (exact) mass is 290 g/mol. The number of fused-ring (bicyclic) bond motifs is 1. The van der Waals surface area contributed by atoms with Crippen LogP contribution < -0.4 is 10.6 Å². The van der Waals surface area contributed by atoms with Crippen molar-refractivity contribution in [1.82, 2.24) is 0 Å². The van der Waals surface area contributed by atoms with Crippen molar-refractivity contribution in [2.45, 2.75) is 6.42 Å². The molecule has 3 rings (SSSR count). The molecular formula is C15H12ClFN2O. The lowest BCUT2D eigenvalue weighted by Gasteiger charge is -2.08. The van der Waals surface area contributed by atoms with E-state index in [1.165, 1.54) is 17.7 Å². The SMILES string of the molecule is O=C(Nc1ccc2c(c1)CCN2)c1ccc(Cl)c(F)c1. The number of amides is 1. The average Bonchev–Trinajstić information content (AvgIpc) is 2.89. The summed E-state index contributed by atoms with van der Waals surface area (Å²) in [5.41, 5.74) is 3.21. The topological polar surface area (TPSA) is 41.1 Å². The van der Waals surface area contributed by atoms with E-state index in [1.54, 1.807) is 0 Å². The predicted octanol–water partition coefficient (Wildman–Crippen LogP) is 3.70. The molecule has 1 amide bonds. The van der Waals surface area contributed by atoms with Crippen LogP contribution in [0.3, 0.4) is 0 Å². The molecule has 1 aliphatic rings. The first-order chi connectivity index (χ1) is 9.63. The van der Waals surface area contributed by atoms with Crippen molar-refractivity contribution in [3.63, 3.8) is 0 Å². The molecule has 3 nitrogen and oxygen atoms in total. The largest absolute Gasteiger partial charge is 0.384 e. The Hall–Kier alpha value is -2.07. The van der Waals surface area contributed by atoms with Gasteiger partial charge in [0.05, 0.1) is 5.02 Å². The van der Waals surface area contributed by atoms with Crippen molar-refractivity contribution < 1.29 is 9.18 Å². The molecule has 102 valence electrons. The number of carbonyl (C=O) groups excluding carboxylic acids is 1. The fourth-order valence-corrected chi connectivity index (χ4v) is 2.34. The normalized spacial score (nSPS) is 12.7. The minimum atomic E-state index is -0.600. The van der Waals surface area contributed by atoms with Gasteiger partial charge < -0.3 is 10.6 Å². The highest BCUT2D eigenvalue weighted by molar-refractivity contribution is 6.30. The maximum Gasteiger partial charge on any atom is 0.255 e. The molecule has 2 aromatic rings. The Morgan fingerprint density at radius 1 is 1.25 bits per heavy atom. The molecule has 2 aromatic carbocycles.